The predicted molar refractivity (Wildman–Crippen MR) is 83.3 cm³/mol. The number of hydrogen-bond acceptors (Lipinski definition) is 2. The fraction of sp³-hybridized carbons (Fsp3) is 0.167. The molecule has 0 aliphatic carbocycles. The van der Waals surface area contributed by atoms with Crippen LogP contribution in [-0.4, -0.2) is 11.1 Å². The Kier molecular flexibility index (Phi) is 5.16. The third-order valence-electron chi connectivity index (χ3n) is 3.19. The summed E-state index contributed by atoms with van der Waals surface area (Å²) in [5.74, 6) is -0.148. The van der Waals surface area contributed by atoms with Crippen molar-refractivity contribution in [3.63, 3.8) is 0 Å². The highest BCUT2D eigenvalue weighted by molar-refractivity contribution is 5.85. The molecular weight excluding hydrogens is 264 g/mol. The minimum absolute atomic E-state index is 0.408. The van der Waals surface area contributed by atoms with Crippen LogP contribution < -0.4 is 4.74 Å². The Labute approximate surface area is 124 Å². The molecule has 0 unspecified atom stereocenters. The molecule has 0 saturated heterocycles. The van der Waals surface area contributed by atoms with Crippen molar-refractivity contribution < 1.29 is 14.6 Å². The summed E-state index contributed by atoms with van der Waals surface area (Å²) in [6.07, 6.45) is 3.72. The third kappa shape index (κ3) is 4.49. The average Bonchev–Trinajstić information content (AvgIpc) is 2.52. The van der Waals surface area contributed by atoms with E-state index in [-0.39, 0.29) is 0 Å². The van der Waals surface area contributed by atoms with Crippen molar-refractivity contribution in [2.24, 2.45) is 0 Å². The van der Waals surface area contributed by atoms with E-state index in [1.54, 1.807) is 6.08 Å². The lowest BCUT2D eigenvalue weighted by atomic mass is 10.1. The first kappa shape index (κ1) is 14.9. The van der Waals surface area contributed by atoms with E-state index in [1.807, 2.05) is 48.5 Å². The zero-order valence-corrected chi connectivity index (χ0v) is 12.0. The van der Waals surface area contributed by atoms with Gasteiger partial charge in [-0.2, -0.15) is 0 Å². The molecule has 21 heavy (non-hydrogen) atoms. The summed E-state index contributed by atoms with van der Waals surface area (Å²) in [5.41, 5.74) is 3.08. The molecule has 2 aromatic carbocycles. The standard InChI is InChI=1S/C18H18O3/c1-2-14-7-10-17(11-8-14)21-13-16-6-4-3-5-15(16)9-12-18(19)20/h3-12H,2,13H2,1H3,(H,19,20). The molecule has 0 aromatic heterocycles. The van der Waals surface area contributed by atoms with Crippen molar-refractivity contribution in [3.05, 3.63) is 71.3 Å². The molecule has 3 heteroatoms. The molecule has 108 valence electrons. The lowest BCUT2D eigenvalue weighted by molar-refractivity contribution is -0.131. The van der Waals surface area contributed by atoms with Crippen LogP contribution in [0.4, 0.5) is 0 Å². The van der Waals surface area contributed by atoms with Crippen molar-refractivity contribution in [1.29, 1.82) is 0 Å². The molecule has 0 saturated carbocycles. The van der Waals surface area contributed by atoms with Crippen molar-refractivity contribution in [2.45, 2.75) is 20.0 Å². The number of aliphatic carboxylic acids is 1. The zero-order valence-electron chi connectivity index (χ0n) is 12.0. The lowest BCUT2D eigenvalue weighted by Gasteiger charge is -2.09. The topological polar surface area (TPSA) is 46.5 Å². The van der Waals surface area contributed by atoms with E-state index in [9.17, 15) is 4.79 Å². The van der Waals surface area contributed by atoms with Crippen LogP contribution in [0.15, 0.2) is 54.6 Å². The summed E-state index contributed by atoms with van der Waals surface area (Å²) in [6, 6.07) is 15.6. The van der Waals surface area contributed by atoms with Gasteiger partial charge in [0.25, 0.3) is 0 Å². The Morgan fingerprint density at radius 3 is 2.52 bits per heavy atom. The van der Waals surface area contributed by atoms with Gasteiger partial charge in [-0.25, -0.2) is 4.79 Å². The van der Waals surface area contributed by atoms with Gasteiger partial charge in [0, 0.05) is 6.08 Å². The molecule has 0 spiro atoms. The maximum atomic E-state index is 10.6. The quantitative estimate of drug-likeness (QED) is 0.817. The summed E-state index contributed by atoms with van der Waals surface area (Å²) in [7, 11) is 0. The number of carboxylic acids is 1. The SMILES string of the molecule is CCc1ccc(OCc2ccccc2C=CC(=O)O)cc1. The van der Waals surface area contributed by atoms with Crippen LogP contribution in [0.5, 0.6) is 5.75 Å². The highest BCUT2D eigenvalue weighted by Crippen LogP contribution is 2.17. The van der Waals surface area contributed by atoms with Crippen LogP contribution in [0.1, 0.15) is 23.6 Å². The highest BCUT2D eigenvalue weighted by Gasteiger charge is 2.01. The Morgan fingerprint density at radius 1 is 1.14 bits per heavy atom. The monoisotopic (exact) mass is 282 g/mol. The maximum Gasteiger partial charge on any atom is 0.328 e. The molecule has 0 heterocycles. The molecule has 2 aromatic rings. The molecule has 0 fully saturated rings. The smallest absolute Gasteiger partial charge is 0.328 e. The lowest BCUT2D eigenvalue weighted by Crippen LogP contribution is -1.98. The van der Waals surface area contributed by atoms with Crippen molar-refractivity contribution in [2.75, 3.05) is 0 Å². The van der Waals surface area contributed by atoms with E-state index in [0.29, 0.717) is 6.61 Å². The third-order valence-corrected chi connectivity index (χ3v) is 3.19. The first-order valence-corrected chi connectivity index (χ1v) is 6.89. The second-order valence-electron chi connectivity index (χ2n) is 4.66. The number of hydrogen-bond donors (Lipinski definition) is 1. The molecule has 3 nitrogen and oxygen atoms in total. The Morgan fingerprint density at radius 2 is 1.86 bits per heavy atom. The van der Waals surface area contributed by atoms with Gasteiger partial charge in [0.2, 0.25) is 0 Å². The highest BCUT2D eigenvalue weighted by atomic mass is 16.5. The van der Waals surface area contributed by atoms with Gasteiger partial charge in [-0.3, -0.25) is 0 Å². The largest absolute Gasteiger partial charge is 0.489 e. The molecule has 0 atom stereocenters. The summed E-state index contributed by atoms with van der Waals surface area (Å²) in [5, 5.41) is 8.70. The van der Waals surface area contributed by atoms with E-state index >= 15 is 0 Å². The first-order chi connectivity index (χ1) is 10.2. The molecule has 1 N–H and O–H groups in total. The number of benzene rings is 2. The molecule has 0 radical (unpaired) electrons. The van der Waals surface area contributed by atoms with Gasteiger partial charge in [0.1, 0.15) is 12.4 Å². The second-order valence-corrected chi connectivity index (χ2v) is 4.66. The van der Waals surface area contributed by atoms with Crippen LogP contribution in [0.2, 0.25) is 0 Å². The summed E-state index contributed by atoms with van der Waals surface area (Å²) in [6.45, 7) is 2.52. The summed E-state index contributed by atoms with van der Waals surface area (Å²) >= 11 is 0. The van der Waals surface area contributed by atoms with Crippen LogP contribution in [0.3, 0.4) is 0 Å². The number of aryl methyl sites for hydroxylation is 1. The van der Waals surface area contributed by atoms with Crippen molar-refractivity contribution in [3.8, 4) is 5.75 Å². The Bertz CT molecular complexity index is 627. The van der Waals surface area contributed by atoms with Crippen LogP contribution in [0, 0.1) is 0 Å². The molecule has 0 bridgehead atoms. The summed E-state index contributed by atoms with van der Waals surface area (Å²) < 4.78 is 5.76. The number of rotatable bonds is 6. The first-order valence-electron chi connectivity index (χ1n) is 6.89. The number of carboxylic acid groups (broad SMARTS) is 1. The zero-order chi connectivity index (χ0) is 15.1. The van der Waals surface area contributed by atoms with E-state index in [2.05, 4.69) is 6.92 Å². The normalized spacial score (nSPS) is 10.7. The fourth-order valence-corrected chi connectivity index (χ4v) is 1.97. The molecule has 2 rings (SSSR count). The van der Waals surface area contributed by atoms with Gasteiger partial charge in [-0.15, -0.1) is 0 Å². The Balaban J connectivity index is 2.07. The van der Waals surface area contributed by atoms with Gasteiger partial charge in [0.05, 0.1) is 0 Å². The number of carbonyl (C=O) groups is 1. The van der Waals surface area contributed by atoms with Gasteiger partial charge < -0.3 is 9.84 Å². The predicted octanol–water partition coefficient (Wildman–Crippen LogP) is 3.93. The molecule has 0 amide bonds. The molecular formula is C18H18O3. The van der Waals surface area contributed by atoms with Crippen LogP contribution in [0.25, 0.3) is 6.08 Å². The van der Waals surface area contributed by atoms with Gasteiger partial charge in [0.15, 0.2) is 0 Å². The van der Waals surface area contributed by atoms with Crippen molar-refractivity contribution >= 4 is 12.0 Å². The Hall–Kier alpha value is -2.55. The second kappa shape index (κ2) is 7.29. The van der Waals surface area contributed by atoms with Crippen LogP contribution in [-0.2, 0) is 17.8 Å². The van der Waals surface area contributed by atoms with E-state index < -0.39 is 5.97 Å². The van der Waals surface area contributed by atoms with Crippen molar-refractivity contribution in [1.82, 2.24) is 0 Å². The van der Waals surface area contributed by atoms with Gasteiger partial charge in [-0.05, 0) is 41.3 Å². The number of ether oxygens (including phenoxy) is 1. The maximum absolute atomic E-state index is 10.6. The molecule has 0 aliphatic rings. The average molecular weight is 282 g/mol. The minimum atomic E-state index is -0.958. The minimum Gasteiger partial charge on any atom is -0.489 e. The van der Waals surface area contributed by atoms with E-state index in [4.69, 9.17) is 9.84 Å². The van der Waals surface area contributed by atoms with Crippen LogP contribution >= 0.6 is 0 Å². The van der Waals surface area contributed by atoms with E-state index in [0.717, 1.165) is 29.4 Å². The molecule has 0 aliphatic heterocycles. The fourth-order valence-electron chi connectivity index (χ4n) is 1.97. The summed E-state index contributed by atoms with van der Waals surface area (Å²) in [4.78, 5) is 10.6. The van der Waals surface area contributed by atoms with Gasteiger partial charge >= 0.3 is 5.97 Å². The van der Waals surface area contributed by atoms with E-state index in [1.165, 1.54) is 5.56 Å². The van der Waals surface area contributed by atoms with Gasteiger partial charge in [-0.1, -0.05) is 43.3 Å².